The van der Waals surface area contributed by atoms with E-state index in [2.05, 4.69) is 31.6 Å². The van der Waals surface area contributed by atoms with Gasteiger partial charge in [-0.2, -0.15) is 0 Å². The fourth-order valence-corrected chi connectivity index (χ4v) is 3.50. The molecule has 1 unspecified atom stereocenters. The van der Waals surface area contributed by atoms with Gasteiger partial charge in [0.2, 0.25) is 0 Å². The van der Waals surface area contributed by atoms with Gasteiger partial charge in [-0.1, -0.05) is 20.8 Å². The van der Waals surface area contributed by atoms with E-state index in [1.54, 1.807) is 11.3 Å². The molecule has 0 radical (unpaired) electrons. The molecule has 0 saturated carbocycles. The van der Waals surface area contributed by atoms with Crippen LogP contribution in [0.2, 0.25) is 0 Å². The molecule has 3 N–H and O–H groups in total. The summed E-state index contributed by atoms with van der Waals surface area (Å²) in [6.07, 6.45) is 3.10. The molecule has 1 aromatic heterocycles. The molecule has 1 aliphatic heterocycles. The van der Waals surface area contributed by atoms with Crippen molar-refractivity contribution in [3.05, 3.63) is 16.1 Å². The highest BCUT2D eigenvalue weighted by molar-refractivity contribution is 7.09. The lowest BCUT2D eigenvalue weighted by Crippen LogP contribution is -2.44. The Labute approximate surface area is 119 Å². The van der Waals surface area contributed by atoms with Crippen LogP contribution in [0, 0.1) is 5.92 Å². The molecule has 1 fully saturated rings. The largest absolute Gasteiger partial charge is 0.381 e. The van der Waals surface area contributed by atoms with Gasteiger partial charge in [-0.15, -0.1) is 11.3 Å². The Bertz CT molecular complexity index is 394. The number of hydrogen-bond acceptors (Lipinski definition) is 5. The van der Waals surface area contributed by atoms with E-state index in [0.717, 1.165) is 32.5 Å². The standard InChI is InChI=1S/C14H25N3OS/c1-14(2,3)12-9-19-13(16-12)8-11(17-15)10-4-6-18-7-5-10/h9-11,17H,4-8,15H2,1-3H3. The highest BCUT2D eigenvalue weighted by Crippen LogP contribution is 2.26. The predicted molar refractivity (Wildman–Crippen MR) is 79.2 cm³/mol. The molecule has 1 aromatic rings. The minimum absolute atomic E-state index is 0.124. The number of nitrogens with one attached hydrogen (secondary N) is 1. The van der Waals surface area contributed by atoms with Crippen molar-refractivity contribution in [3.8, 4) is 0 Å². The number of thiazole rings is 1. The van der Waals surface area contributed by atoms with Crippen LogP contribution < -0.4 is 11.3 Å². The van der Waals surface area contributed by atoms with E-state index in [0.29, 0.717) is 12.0 Å². The maximum absolute atomic E-state index is 5.73. The van der Waals surface area contributed by atoms with Crippen LogP contribution in [0.25, 0.3) is 0 Å². The molecule has 0 aliphatic carbocycles. The number of nitrogens with zero attached hydrogens (tertiary/aromatic N) is 1. The normalized spacial score (nSPS) is 19.6. The van der Waals surface area contributed by atoms with E-state index in [-0.39, 0.29) is 5.41 Å². The van der Waals surface area contributed by atoms with Crippen LogP contribution in [0.4, 0.5) is 0 Å². The molecule has 5 heteroatoms. The summed E-state index contributed by atoms with van der Waals surface area (Å²) in [4.78, 5) is 4.76. The van der Waals surface area contributed by atoms with Gasteiger partial charge in [-0.3, -0.25) is 11.3 Å². The lowest BCUT2D eigenvalue weighted by Gasteiger charge is -2.29. The molecule has 2 rings (SSSR count). The van der Waals surface area contributed by atoms with E-state index >= 15 is 0 Å². The van der Waals surface area contributed by atoms with E-state index < -0.39 is 0 Å². The molecule has 19 heavy (non-hydrogen) atoms. The average molecular weight is 283 g/mol. The van der Waals surface area contributed by atoms with Crippen LogP contribution in [0.3, 0.4) is 0 Å². The Morgan fingerprint density at radius 2 is 2.16 bits per heavy atom. The minimum atomic E-state index is 0.124. The van der Waals surface area contributed by atoms with Crippen LogP contribution >= 0.6 is 11.3 Å². The maximum atomic E-state index is 5.73. The van der Waals surface area contributed by atoms with Gasteiger partial charge in [0.05, 0.1) is 10.7 Å². The lowest BCUT2D eigenvalue weighted by molar-refractivity contribution is 0.0537. The van der Waals surface area contributed by atoms with Gasteiger partial charge in [0.25, 0.3) is 0 Å². The monoisotopic (exact) mass is 283 g/mol. The summed E-state index contributed by atoms with van der Waals surface area (Å²) in [5, 5.41) is 3.35. The summed E-state index contributed by atoms with van der Waals surface area (Å²) in [7, 11) is 0. The molecular weight excluding hydrogens is 258 g/mol. The van der Waals surface area contributed by atoms with Gasteiger partial charge in [0.1, 0.15) is 0 Å². The van der Waals surface area contributed by atoms with Crippen LogP contribution in [-0.4, -0.2) is 24.2 Å². The van der Waals surface area contributed by atoms with Crippen molar-refractivity contribution < 1.29 is 4.74 Å². The van der Waals surface area contributed by atoms with Crippen LogP contribution in [0.5, 0.6) is 0 Å². The first-order valence-corrected chi connectivity index (χ1v) is 7.87. The molecule has 0 bridgehead atoms. The van der Waals surface area contributed by atoms with Crippen molar-refractivity contribution in [2.75, 3.05) is 13.2 Å². The van der Waals surface area contributed by atoms with Crippen molar-refractivity contribution in [1.82, 2.24) is 10.4 Å². The minimum Gasteiger partial charge on any atom is -0.381 e. The SMILES string of the molecule is CC(C)(C)c1csc(CC(NN)C2CCOCC2)n1. The van der Waals surface area contributed by atoms with Gasteiger partial charge < -0.3 is 4.74 Å². The molecule has 2 heterocycles. The molecule has 108 valence electrons. The Morgan fingerprint density at radius 3 is 2.68 bits per heavy atom. The lowest BCUT2D eigenvalue weighted by atomic mass is 9.90. The smallest absolute Gasteiger partial charge is 0.0944 e. The van der Waals surface area contributed by atoms with Gasteiger partial charge in [0.15, 0.2) is 0 Å². The first-order chi connectivity index (χ1) is 9.00. The maximum Gasteiger partial charge on any atom is 0.0944 e. The highest BCUT2D eigenvalue weighted by Gasteiger charge is 2.25. The molecule has 4 nitrogen and oxygen atoms in total. The molecule has 0 spiro atoms. The number of ether oxygens (including phenoxy) is 1. The Hall–Kier alpha value is -0.490. The van der Waals surface area contributed by atoms with Gasteiger partial charge >= 0.3 is 0 Å². The zero-order valence-electron chi connectivity index (χ0n) is 12.1. The van der Waals surface area contributed by atoms with Gasteiger partial charge in [-0.25, -0.2) is 4.98 Å². The Kier molecular flexibility index (Phi) is 4.95. The topological polar surface area (TPSA) is 60.2 Å². The number of hydrogen-bond donors (Lipinski definition) is 2. The van der Waals surface area contributed by atoms with Crippen molar-refractivity contribution in [1.29, 1.82) is 0 Å². The van der Waals surface area contributed by atoms with E-state index in [4.69, 9.17) is 15.6 Å². The van der Waals surface area contributed by atoms with Gasteiger partial charge in [0, 0.05) is 36.5 Å². The Morgan fingerprint density at radius 1 is 1.47 bits per heavy atom. The number of rotatable bonds is 4. The summed E-state index contributed by atoms with van der Waals surface area (Å²) in [5.41, 5.74) is 4.28. The summed E-state index contributed by atoms with van der Waals surface area (Å²) < 4.78 is 5.41. The molecular formula is C14H25N3OS. The molecule has 0 amide bonds. The third-order valence-corrected chi connectivity index (χ3v) is 4.63. The third-order valence-electron chi connectivity index (χ3n) is 3.76. The summed E-state index contributed by atoms with van der Waals surface area (Å²) in [6, 6.07) is 0.308. The van der Waals surface area contributed by atoms with Crippen molar-refractivity contribution in [2.24, 2.45) is 11.8 Å². The summed E-state index contributed by atoms with van der Waals surface area (Å²) in [6.45, 7) is 8.30. The van der Waals surface area contributed by atoms with E-state index in [1.807, 2.05) is 0 Å². The first-order valence-electron chi connectivity index (χ1n) is 6.99. The molecule has 1 atom stereocenters. The van der Waals surface area contributed by atoms with Crippen LogP contribution in [-0.2, 0) is 16.6 Å². The summed E-state index contributed by atoms with van der Waals surface area (Å²) >= 11 is 1.75. The number of hydrazine groups is 1. The zero-order valence-corrected chi connectivity index (χ0v) is 12.9. The van der Waals surface area contributed by atoms with Crippen LogP contribution in [0.1, 0.15) is 44.3 Å². The second-order valence-electron chi connectivity index (χ2n) is 6.30. The number of aromatic nitrogens is 1. The van der Waals surface area contributed by atoms with Crippen molar-refractivity contribution in [3.63, 3.8) is 0 Å². The van der Waals surface area contributed by atoms with E-state index in [1.165, 1.54) is 10.7 Å². The second kappa shape index (κ2) is 6.31. The van der Waals surface area contributed by atoms with Crippen LogP contribution in [0.15, 0.2) is 5.38 Å². The van der Waals surface area contributed by atoms with Gasteiger partial charge in [-0.05, 0) is 18.8 Å². The molecule has 1 aliphatic rings. The average Bonchev–Trinajstić information content (AvgIpc) is 2.85. The van der Waals surface area contributed by atoms with E-state index in [9.17, 15) is 0 Å². The summed E-state index contributed by atoms with van der Waals surface area (Å²) in [5.74, 6) is 6.33. The van der Waals surface area contributed by atoms with Crippen molar-refractivity contribution in [2.45, 2.75) is 51.5 Å². The first kappa shape index (κ1) is 14.9. The Balaban J connectivity index is 1.99. The fourth-order valence-electron chi connectivity index (χ4n) is 2.42. The quantitative estimate of drug-likeness (QED) is 0.657. The van der Waals surface area contributed by atoms with Crippen molar-refractivity contribution >= 4 is 11.3 Å². The second-order valence-corrected chi connectivity index (χ2v) is 7.25. The molecule has 1 saturated heterocycles. The highest BCUT2D eigenvalue weighted by atomic mass is 32.1. The fraction of sp³-hybridized carbons (Fsp3) is 0.786. The number of nitrogens with two attached hydrogens (primary N) is 1. The predicted octanol–water partition coefficient (Wildman–Crippen LogP) is 2.24. The molecule has 0 aromatic carbocycles. The third kappa shape index (κ3) is 3.99. The zero-order chi connectivity index (χ0) is 13.9.